The van der Waals surface area contributed by atoms with E-state index in [-0.39, 0.29) is 16.9 Å². The van der Waals surface area contributed by atoms with Crippen molar-refractivity contribution in [2.75, 3.05) is 0 Å². The summed E-state index contributed by atoms with van der Waals surface area (Å²) in [4.78, 5) is 0. The Bertz CT molecular complexity index is 516. The molecule has 114 valence electrons. The summed E-state index contributed by atoms with van der Waals surface area (Å²) >= 11 is 6.04. The summed E-state index contributed by atoms with van der Waals surface area (Å²) in [5.41, 5.74) is 0.748. The normalized spacial score (nSPS) is 38.7. The molecular weight excluding hydrogens is 287 g/mol. The van der Waals surface area contributed by atoms with Crippen LogP contribution in [0.2, 0.25) is 5.02 Å². The van der Waals surface area contributed by atoms with Crippen LogP contribution in [0, 0.1) is 35.4 Å². The van der Waals surface area contributed by atoms with Crippen molar-refractivity contribution in [3.05, 3.63) is 34.6 Å². The predicted octanol–water partition coefficient (Wildman–Crippen LogP) is 4.45. The Labute approximate surface area is 130 Å². The van der Waals surface area contributed by atoms with E-state index in [2.05, 4.69) is 0 Å². The highest BCUT2D eigenvalue weighted by Gasteiger charge is 2.50. The topological polar surface area (TPSA) is 20.2 Å². The maximum atomic E-state index is 13.5. The van der Waals surface area contributed by atoms with E-state index < -0.39 is 0 Å². The lowest BCUT2D eigenvalue weighted by Gasteiger charge is -2.55. The SMILES string of the molecule is OC(Cc1cccc(F)c1Cl)C1C2CC3CC(C2)CC1C3. The van der Waals surface area contributed by atoms with Crippen LogP contribution in [0.25, 0.3) is 0 Å². The first-order valence-corrected chi connectivity index (χ1v) is 8.60. The van der Waals surface area contributed by atoms with E-state index in [0.29, 0.717) is 24.2 Å². The van der Waals surface area contributed by atoms with E-state index in [1.54, 1.807) is 6.07 Å². The molecular formula is C18H22ClFO. The molecule has 1 unspecified atom stereocenters. The summed E-state index contributed by atoms with van der Waals surface area (Å²) in [6, 6.07) is 4.89. The van der Waals surface area contributed by atoms with Gasteiger partial charge in [0.2, 0.25) is 0 Å². The smallest absolute Gasteiger partial charge is 0.142 e. The molecule has 4 fully saturated rings. The zero-order valence-corrected chi connectivity index (χ0v) is 12.9. The van der Waals surface area contributed by atoms with Gasteiger partial charge in [-0.3, -0.25) is 0 Å². The fourth-order valence-electron chi connectivity index (χ4n) is 5.66. The molecule has 1 nitrogen and oxygen atoms in total. The number of halogens is 2. The molecule has 4 bridgehead atoms. The van der Waals surface area contributed by atoms with E-state index in [1.165, 1.54) is 38.2 Å². The van der Waals surface area contributed by atoms with Crippen LogP contribution < -0.4 is 0 Å². The standard InChI is InChI=1S/C18H22ClFO/c19-18-12(2-1-3-15(18)20)9-16(21)17-13-5-10-4-11(7-13)8-14(17)6-10/h1-3,10-11,13-14,16-17,21H,4-9H2. The van der Waals surface area contributed by atoms with Crippen LogP contribution in [0.1, 0.15) is 37.7 Å². The van der Waals surface area contributed by atoms with E-state index in [1.807, 2.05) is 6.07 Å². The third-order valence-corrected chi connectivity index (χ3v) is 6.63. The molecule has 4 aliphatic carbocycles. The molecule has 3 heteroatoms. The van der Waals surface area contributed by atoms with Crippen LogP contribution in [0.15, 0.2) is 18.2 Å². The molecule has 0 amide bonds. The van der Waals surface area contributed by atoms with Crippen molar-refractivity contribution in [2.24, 2.45) is 29.6 Å². The van der Waals surface area contributed by atoms with Gasteiger partial charge in [-0.2, -0.15) is 0 Å². The van der Waals surface area contributed by atoms with Gasteiger partial charge in [0, 0.05) is 6.42 Å². The molecule has 0 aromatic heterocycles. The van der Waals surface area contributed by atoms with Gasteiger partial charge in [-0.05, 0) is 73.3 Å². The van der Waals surface area contributed by atoms with E-state index in [0.717, 1.165) is 17.4 Å². The molecule has 0 aliphatic heterocycles. The average molecular weight is 309 g/mol. The van der Waals surface area contributed by atoms with Crippen molar-refractivity contribution in [3.63, 3.8) is 0 Å². The van der Waals surface area contributed by atoms with Crippen molar-refractivity contribution in [1.29, 1.82) is 0 Å². The summed E-state index contributed by atoms with van der Waals surface area (Å²) in [5, 5.41) is 10.9. The second-order valence-electron chi connectivity index (χ2n) is 7.49. The predicted molar refractivity (Wildman–Crippen MR) is 81.7 cm³/mol. The number of aliphatic hydroxyl groups excluding tert-OH is 1. The minimum absolute atomic E-state index is 0.181. The maximum absolute atomic E-state index is 13.5. The number of hydrogen-bond donors (Lipinski definition) is 1. The van der Waals surface area contributed by atoms with Crippen molar-refractivity contribution < 1.29 is 9.50 Å². The van der Waals surface area contributed by atoms with Crippen molar-refractivity contribution in [2.45, 2.75) is 44.6 Å². The number of aliphatic hydroxyl groups is 1. The molecule has 1 N–H and O–H groups in total. The van der Waals surface area contributed by atoms with Crippen LogP contribution >= 0.6 is 11.6 Å². The van der Waals surface area contributed by atoms with Crippen molar-refractivity contribution >= 4 is 11.6 Å². The number of hydrogen-bond acceptors (Lipinski definition) is 1. The first-order chi connectivity index (χ1) is 10.1. The number of benzene rings is 1. The number of rotatable bonds is 3. The van der Waals surface area contributed by atoms with Crippen LogP contribution in [0.4, 0.5) is 4.39 Å². The van der Waals surface area contributed by atoms with Crippen LogP contribution in [-0.4, -0.2) is 11.2 Å². The molecule has 0 spiro atoms. The fourth-order valence-corrected chi connectivity index (χ4v) is 5.87. The lowest BCUT2D eigenvalue weighted by atomic mass is 9.50. The molecule has 1 atom stereocenters. The Morgan fingerprint density at radius 1 is 1.10 bits per heavy atom. The molecule has 4 saturated carbocycles. The quantitative estimate of drug-likeness (QED) is 0.874. The van der Waals surface area contributed by atoms with Crippen LogP contribution in [-0.2, 0) is 6.42 Å². The molecule has 0 heterocycles. The Morgan fingerprint density at radius 3 is 2.33 bits per heavy atom. The van der Waals surface area contributed by atoms with Gasteiger partial charge in [0.05, 0.1) is 11.1 Å². The zero-order chi connectivity index (χ0) is 14.6. The van der Waals surface area contributed by atoms with E-state index in [9.17, 15) is 9.50 Å². The molecule has 0 radical (unpaired) electrons. The first kappa shape index (κ1) is 14.0. The van der Waals surface area contributed by atoms with Gasteiger partial charge in [-0.1, -0.05) is 23.7 Å². The maximum Gasteiger partial charge on any atom is 0.142 e. The highest BCUT2D eigenvalue weighted by Crippen LogP contribution is 2.57. The lowest BCUT2D eigenvalue weighted by Crippen LogP contribution is -2.49. The molecule has 5 rings (SSSR count). The van der Waals surface area contributed by atoms with Gasteiger partial charge in [0.25, 0.3) is 0 Å². The van der Waals surface area contributed by atoms with Gasteiger partial charge in [0.15, 0.2) is 0 Å². The van der Waals surface area contributed by atoms with Crippen molar-refractivity contribution in [1.82, 2.24) is 0 Å². The Kier molecular flexibility index (Phi) is 3.50. The monoisotopic (exact) mass is 308 g/mol. The third kappa shape index (κ3) is 2.41. The van der Waals surface area contributed by atoms with E-state index >= 15 is 0 Å². The van der Waals surface area contributed by atoms with Gasteiger partial charge in [-0.25, -0.2) is 4.39 Å². The van der Waals surface area contributed by atoms with Crippen LogP contribution in [0.3, 0.4) is 0 Å². The first-order valence-electron chi connectivity index (χ1n) is 8.22. The summed E-state index contributed by atoms with van der Waals surface area (Å²) in [6.45, 7) is 0. The second-order valence-corrected chi connectivity index (χ2v) is 7.87. The third-order valence-electron chi connectivity index (χ3n) is 6.20. The zero-order valence-electron chi connectivity index (χ0n) is 12.1. The Balaban J connectivity index is 1.52. The highest BCUT2D eigenvalue weighted by atomic mass is 35.5. The summed E-state index contributed by atoms with van der Waals surface area (Å²) < 4.78 is 13.5. The largest absolute Gasteiger partial charge is 0.392 e. The van der Waals surface area contributed by atoms with Crippen molar-refractivity contribution in [3.8, 4) is 0 Å². The molecule has 1 aromatic rings. The van der Waals surface area contributed by atoms with Gasteiger partial charge >= 0.3 is 0 Å². The molecule has 1 aromatic carbocycles. The minimum Gasteiger partial charge on any atom is -0.392 e. The summed E-state index contributed by atoms with van der Waals surface area (Å²) in [5.74, 6) is 3.21. The minimum atomic E-state index is -0.383. The highest BCUT2D eigenvalue weighted by molar-refractivity contribution is 6.31. The van der Waals surface area contributed by atoms with E-state index in [4.69, 9.17) is 11.6 Å². The van der Waals surface area contributed by atoms with Gasteiger partial charge < -0.3 is 5.11 Å². The average Bonchev–Trinajstić information content (AvgIpc) is 2.42. The summed E-state index contributed by atoms with van der Waals surface area (Å²) in [6.07, 6.45) is 6.73. The lowest BCUT2D eigenvalue weighted by molar-refractivity contribution is -0.0887. The summed E-state index contributed by atoms with van der Waals surface area (Å²) in [7, 11) is 0. The van der Waals surface area contributed by atoms with Crippen LogP contribution in [0.5, 0.6) is 0 Å². The second kappa shape index (κ2) is 5.24. The molecule has 4 aliphatic rings. The Hall–Kier alpha value is -0.600. The molecule has 21 heavy (non-hydrogen) atoms. The fraction of sp³-hybridized carbons (Fsp3) is 0.667. The Morgan fingerprint density at radius 2 is 1.71 bits per heavy atom. The van der Waals surface area contributed by atoms with Gasteiger partial charge in [0.1, 0.15) is 5.82 Å². The molecule has 0 saturated heterocycles. The van der Waals surface area contributed by atoms with Gasteiger partial charge in [-0.15, -0.1) is 0 Å².